The van der Waals surface area contributed by atoms with Crippen LogP contribution in [0.3, 0.4) is 0 Å². The number of likely N-dealkylation sites (tertiary alicyclic amines) is 1. The molecule has 1 fully saturated rings. The molecule has 3 atom stereocenters. The van der Waals surface area contributed by atoms with Gasteiger partial charge in [0.15, 0.2) is 0 Å². The number of rotatable bonds is 4. The topological polar surface area (TPSA) is 15.3 Å². The Labute approximate surface area is 130 Å². The van der Waals surface area contributed by atoms with Gasteiger partial charge in [0.2, 0.25) is 0 Å². The molecule has 2 aliphatic rings. The summed E-state index contributed by atoms with van der Waals surface area (Å²) in [4.78, 5) is 2.41. The molecule has 0 spiro atoms. The summed E-state index contributed by atoms with van der Waals surface area (Å²) in [6.07, 6.45) is 11.5. The highest BCUT2D eigenvalue weighted by molar-refractivity contribution is 6.31. The van der Waals surface area contributed by atoms with Crippen LogP contribution in [0.25, 0.3) is 0 Å². The maximum Gasteiger partial charge on any atom is 0.0378 e. The average molecular weight is 299 g/mol. The second-order valence-corrected chi connectivity index (χ2v) is 6.31. The normalized spacial score (nSPS) is 29.2. The third-order valence-electron chi connectivity index (χ3n) is 3.91. The van der Waals surface area contributed by atoms with Crippen molar-refractivity contribution >= 4 is 11.6 Å². The van der Waals surface area contributed by atoms with Crippen LogP contribution in [0.4, 0.5) is 0 Å². The van der Waals surface area contributed by atoms with Crippen molar-refractivity contribution in [3.63, 3.8) is 0 Å². The van der Waals surface area contributed by atoms with Gasteiger partial charge < -0.3 is 5.32 Å². The minimum absolute atomic E-state index is 0.473. The number of hydrogen-bond donors (Lipinski definition) is 1. The molecule has 0 aromatic heterocycles. The number of hydrogen-bond acceptors (Lipinski definition) is 2. The van der Waals surface area contributed by atoms with Gasteiger partial charge in [-0.2, -0.15) is 0 Å². The van der Waals surface area contributed by atoms with Gasteiger partial charge in [-0.1, -0.05) is 51.3 Å². The van der Waals surface area contributed by atoms with Crippen molar-refractivity contribution in [1.82, 2.24) is 10.2 Å². The van der Waals surface area contributed by atoms with E-state index in [0.29, 0.717) is 18.0 Å². The largest absolute Gasteiger partial charge is 0.313 e. The van der Waals surface area contributed by atoms with Crippen molar-refractivity contribution in [2.45, 2.75) is 58.5 Å². The van der Waals surface area contributed by atoms with Crippen LogP contribution in [0.1, 0.15) is 46.5 Å². The fraction of sp³-hybridized carbons (Fsp3) is 0.765. The smallest absolute Gasteiger partial charge is 0.0378 e. The molecule has 0 radical (unpaired) electrons. The summed E-state index contributed by atoms with van der Waals surface area (Å²) in [7, 11) is 2.19. The third-order valence-corrected chi connectivity index (χ3v) is 4.16. The van der Waals surface area contributed by atoms with Gasteiger partial charge in [-0.05, 0) is 45.1 Å². The first-order valence-electron chi connectivity index (χ1n) is 8.13. The summed E-state index contributed by atoms with van der Waals surface area (Å²) in [6, 6.07) is 1.08. The van der Waals surface area contributed by atoms with E-state index in [1.807, 2.05) is 0 Å². The lowest BCUT2D eigenvalue weighted by Crippen LogP contribution is -2.53. The monoisotopic (exact) mass is 298 g/mol. The first-order chi connectivity index (χ1) is 9.63. The zero-order valence-electron chi connectivity index (χ0n) is 13.5. The van der Waals surface area contributed by atoms with Gasteiger partial charge in [0.25, 0.3) is 0 Å². The van der Waals surface area contributed by atoms with Crippen LogP contribution in [0.15, 0.2) is 23.3 Å². The van der Waals surface area contributed by atoms with E-state index in [2.05, 4.69) is 56.3 Å². The Morgan fingerprint density at radius 1 is 1.35 bits per heavy atom. The molecule has 3 heteroatoms. The molecule has 0 amide bonds. The van der Waals surface area contributed by atoms with Crippen molar-refractivity contribution in [3.05, 3.63) is 23.3 Å². The Kier molecular flexibility index (Phi) is 8.51. The molecule has 0 saturated carbocycles. The van der Waals surface area contributed by atoms with Crippen molar-refractivity contribution in [3.8, 4) is 0 Å². The highest BCUT2D eigenvalue weighted by Crippen LogP contribution is 2.30. The van der Waals surface area contributed by atoms with E-state index in [1.54, 1.807) is 0 Å². The van der Waals surface area contributed by atoms with Crippen molar-refractivity contribution < 1.29 is 0 Å². The molecule has 3 unspecified atom stereocenters. The maximum atomic E-state index is 6.10. The van der Waals surface area contributed by atoms with Gasteiger partial charge in [0, 0.05) is 23.0 Å². The summed E-state index contributed by atoms with van der Waals surface area (Å²) in [6.45, 7) is 8.78. The van der Waals surface area contributed by atoms with Gasteiger partial charge in [-0.3, -0.25) is 4.90 Å². The van der Waals surface area contributed by atoms with Crippen LogP contribution in [0, 0.1) is 5.92 Å². The number of piperidine rings is 1. The van der Waals surface area contributed by atoms with Gasteiger partial charge in [-0.15, -0.1) is 0 Å². The van der Waals surface area contributed by atoms with Crippen LogP contribution in [-0.4, -0.2) is 37.1 Å². The van der Waals surface area contributed by atoms with E-state index < -0.39 is 0 Å². The van der Waals surface area contributed by atoms with E-state index in [9.17, 15) is 0 Å². The summed E-state index contributed by atoms with van der Waals surface area (Å²) in [5.41, 5.74) is 0. The number of allylic oxidation sites excluding steroid dienone is 2. The molecule has 0 aromatic rings. The molecule has 1 aliphatic carbocycles. The maximum absolute atomic E-state index is 6.10. The predicted molar refractivity (Wildman–Crippen MR) is 90.3 cm³/mol. The summed E-state index contributed by atoms with van der Waals surface area (Å²) < 4.78 is 0. The van der Waals surface area contributed by atoms with Crippen molar-refractivity contribution in [2.24, 2.45) is 5.92 Å². The molecule has 0 bridgehead atoms. The molecular weight excluding hydrogens is 268 g/mol. The molecule has 1 heterocycles. The highest BCUT2D eigenvalue weighted by atomic mass is 35.5. The molecule has 20 heavy (non-hydrogen) atoms. The predicted octanol–water partition coefficient (Wildman–Crippen LogP) is 4.17. The number of nitrogens with zero attached hydrogens (tertiary/aromatic N) is 1. The second-order valence-electron chi connectivity index (χ2n) is 5.87. The van der Waals surface area contributed by atoms with Crippen LogP contribution < -0.4 is 5.32 Å². The van der Waals surface area contributed by atoms with E-state index in [1.165, 1.54) is 25.7 Å². The zero-order valence-corrected chi connectivity index (χ0v) is 14.3. The lowest BCUT2D eigenvalue weighted by Gasteiger charge is -2.43. The van der Waals surface area contributed by atoms with Crippen molar-refractivity contribution in [1.29, 1.82) is 0 Å². The van der Waals surface area contributed by atoms with E-state index in [0.717, 1.165) is 18.1 Å². The van der Waals surface area contributed by atoms with Crippen LogP contribution in [-0.2, 0) is 0 Å². The molecule has 0 aromatic carbocycles. The Balaban J connectivity index is 0.000000612. The van der Waals surface area contributed by atoms with Gasteiger partial charge >= 0.3 is 0 Å². The number of unbranched alkanes of at least 4 members (excludes halogenated alkanes) is 1. The standard InChI is InChI=1S/C14H23ClN2.C3H8/c1-3-4-8-16-13-7-9-17(2)14-10-11(15)5-6-12(13)14;1-3-2/h5-6,10,12-14,16H,3-4,7-9H2,1-2H3;3H2,1-2H3. The lowest BCUT2D eigenvalue weighted by molar-refractivity contribution is 0.142. The van der Waals surface area contributed by atoms with Crippen LogP contribution in [0.5, 0.6) is 0 Å². The fourth-order valence-electron chi connectivity index (χ4n) is 2.83. The van der Waals surface area contributed by atoms with Crippen molar-refractivity contribution in [2.75, 3.05) is 20.1 Å². The van der Waals surface area contributed by atoms with Crippen LogP contribution in [0.2, 0.25) is 0 Å². The third kappa shape index (κ3) is 5.23. The van der Waals surface area contributed by atoms with Gasteiger partial charge in [0.1, 0.15) is 0 Å². The molecule has 1 N–H and O–H groups in total. The second kappa shape index (κ2) is 9.59. The summed E-state index contributed by atoms with van der Waals surface area (Å²) in [5, 5.41) is 4.59. The number of likely N-dealkylation sites (N-methyl/N-ethyl adjacent to an activating group) is 1. The molecule has 2 nitrogen and oxygen atoms in total. The van der Waals surface area contributed by atoms with E-state index >= 15 is 0 Å². The Hall–Kier alpha value is -0.310. The Bertz CT molecular complexity index is 325. The summed E-state index contributed by atoms with van der Waals surface area (Å²) in [5.74, 6) is 0.577. The van der Waals surface area contributed by atoms with Gasteiger partial charge in [0.05, 0.1) is 0 Å². The number of fused-ring (bicyclic) bond motifs is 1. The van der Waals surface area contributed by atoms with E-state index in [-0.39, 0.29) is 0 Å². The van der Waals surface area contributed by atoms with Gasteiger partial charge in [-0.25, -0.2) is 0 Å². The number of nitrogens with one attached hydrogen (secondary N) is 1. The average Bonchev–Trinajstić information content (AvgIpc) is 2.43. The molecule has 116 valence electrons. The molecule has 1 saturated heterocycles. The Morgan fingerprint density at radius 3 is 2.70 bits per heavy atom. The Morgan fingerprint density at radius 2 is 2.05 bits per heavy atom. The molecular formula is C17H31ClN2. The number of halogens is 1. The SMILES string of the molecule is CCC.CCCCNC1CCN(C)C2C=C(Cl)C=CC12. The first kappa shape index (κ1) is 17.7. The molecule has 2 rings (SSSR count). The van der Waals surface area contributed by atoms with E-state index in [4.69, 9.17) is 11.6 Å². The van der Waals surface area contributed by atoms with Crippen LogP contribution >= 0.6 is 11.6 Å². The zero-order chi connectivity index (χ0) is 15.0. The minimum atomic E-state index is 0.473. The fourth-order valence-corrected chi connectivity index (χ4v) is 3.03. The lowest BCUT2D eigenvalue weighted by atomic mass is 9.82. The summed E-state index contributed by atoms with van der Waals surface area (Å²) >= 11 is 6.10. The highest BCUT2D eigenvalue weighted by Gasteiger charge is 2.34. The minimum Gasteiger partial charge on any atom is -0.313 e. The molecule has 1 aliphatic heterocycles. The first-order valence-corrected chi connectivity index (χ1v) is 8.50. The quantitative estimate of drug-likeness (QED) is 0.784.